The molecular weight excluding hydrogens is 351 g/mol. The van der Waals surface area contributed by atoms with Crippen molar-refractivity contribution >= 4 is 23.4 Å². The SMILES string of the molecule is N#Cc1ccc(N2CCC[C@@H]2C(=O)N2CCSCC2)cc1C(F)(F)F. The number of nitriles is 1. The van der Waals surface area contributed by atoms with Gasteiger partial charge in [-0.1, -0.05) is 0 Å². The highest BCUT2D eigenvalue weighted by Gasteiger charge is 2.37. The second-order valence-electron chi connectivity index (χ2n) is 6.13. The average molecular weight is 369 g/mol. The van der Waals surface area contributed by atoms with Crippen molar-refractivity contribution in [2.24, 2.45) is 0 Å². The number of thioether (sulfide) groups is 1. The number of carbonyl (C=O) groups excluding carboxylic acids is 1. The number of alkyl halides is 3. The van der Waals surface area contributed by atoms with Crippen molar-refractivity contribution in [1.82, 2.24) is 4.90 Å². The summed E-state index contributed by atoms with van der Waals surface area (Å²) in [6.45, 7) is 1.92. The molecule has 25 heavy (non-hydrogen) atoms. The van der Waals surface area contributed by atoms with Crippen LogP contribution in [0.3, 0.4) is 0 Å². The van der Waals surface area contributed by atoms with Gasteiger partial charge < -0.3 is 9.80 Å². The van der Waals surface area contributed by atoms with Crippen LogP contribution in [0.5, 0.6) is 0 Å². The third-order valence-corrected chi connectivity index (χ3v) is 5.56. The van der Waals surface area contributed by atoms with Crippen LogP contribution in [0.1, 0.15) is 24.0 Å². The molecule has 0 spiro atoms. The summed E-state index contributed by atoms with van der Waals surface area (Å²) in [6.07, 6.45) is -3.19. The zero-order chi connectivity index (χ0) is 18.0. The lowest BCUT2D eigenvalue weighted by molar-refractivity contribution is -0.137. The van der Waals surface area contributed by atoms with Gasteiger partial charge in [-0.05, 0) is 31.0 Å². The molecule has 1 aromatic carbocycles. The van der Waals surface area contributed by atoms with Crippen molar-refractivity contribution in [3.05, 3.63) is 29.3 Å². The minimum Gasteiger partial charge on any atom is -0.360 e. The van der Waals surface area contributed by atoms with Gasteiger partial charge in [-0.25, -0.2) is 0 Å². The van der Waals surface area contributed by atoms with Gasteiger partial charge in [0.15, 0.2) is 0 Å². The lowest BCUT2D eigenvalue weighted by atomic mass is 10.1. The van der Waals surface area contributed by atoms with Gasteiger partial charge in [0.1, 0.15) is 6.04 Å². The smallest absolute Gasteiger partial charge is 0.360 e. The van der Waals surface area contributed by atoms with Crippen LogP contribution in [0.4, 0.5) is 18.9 Å². The minimum absolute atomic E-state index is 0.00396. The molecular formula is C17H18F3N3OS. The summed E-state index contributed by atoms with van der Waals surface area (Å²) < 4.78 is 39.6. The van der Waals surface area contributed by atoms with Gasteiger partial charge in [-0.15, -0.1) is 0 Å². The highest BCUT2D eigenvalue weighted by Crippen LogP contribution is 2.36. The molecule has 2 fully saturated rings. The molecule has 0 aliphatic carbocycles. The predicted octanol–water partition coefficient (Wildman–Crippen LogP) is 3.12. The van der Waals surface area contributed by atoms with Crippen molar-refractivity contribution in [2.75, 3.05) is 36.0 Å². The van der Waals surface area contributed by atoms with E-state index in [0.717, 1.165) is 24.0 Å². The highest BCUT2D eigenvalue weighted by atomic mass is 32.2. The summed E-state index contributed by atoms with van der Waals surface area (Å²) in [4.78, 5) is 16.4. The summed E-state index contributed by atoms with van der Waals surface area (Å²) in [5.74, 6) is 1.79. The van der Waals surface area contributed by atoms with E-state index in [0.29, 0.717) is 31.7 Å². The molecule has 134 valence electrons. The van der Waals surface area contributed by atoms with E-state index in [-0.39, 0.29) is 5.91 Å². The van der Waals surface area contributed by atoms with E-state index in [9.17, 15) is 18.0 Å². The maximum Gasteiger partial charge on any atom is 0.417 e. The molecule has 0 unspecified atom stereocenters. The molecule has 0 saturated carbocycles. The molecule has 2 heterocycles. The zero-order valence-corrected chi connectivity index (χ0v) is 14.4. The fraction of sp³-hybridized carbons (Fsp3) is 0.529. The van der Waals surface area contributed by atoms with Crippen LogP contribution in [0, 0.1) is 11.3 Å². The number of carbonyl (C=O) groups is 1. The molecule has 2 aliphatic rings. The highest BCUT2D eigenvalue weighted by molar-refractivity contribution is 7.99. The van der Waals surface area contributed by atoms with Gasteiger partial charge >= 0.3 is 6.18 Å². The first kappa shape index (κ1) is 17.9. The van der Waals surface area contributed by atoms with Crippen molar-refractivity contribution in [3.63, 3.8) is 0 Å². The van der Waals surface area contributed by atoms with E-state index in [1.807, 2.05) is 4.90 Å². The van der Waals surface area contributed by atoms with Gasteiger partial charge in [0.2, 0.25) is 5.91 Å². The standard InChI is InChI=1S/C17H18F3N3OS/c18-17(19,20)14-10-13(4-3-12(14)11-21)23-5-1-2-15(23)16(24)22-6-8-25-9-7-22/h3-4,10,15H,1-2,5-9H2/t15-/m1/s1. The molecule has 0 bridgehead atoms. The maximum atomic E-state index is 13.2. The Morgan fingerprint density at radius 2 is 1.96 bits per heavy atom. The molecule has 2 aliphatic heterocycles. The Kier molecular flexibility index (Phi) is 5.13. The Hall–Kier alpha value is -1.88. The summed E-state index contributed by atoms with van der Waals surface area (Å²) in [6, 6.07) is 4.86. The fourth-order valence-corrected chi connectivity index (χ4v) is 4.27. The van der Waals surface area contributed by atoms with E-state index in [4.69, 9.17) is 5.26 Å². The van der Waals surface area contributed by atoms with Crippen LogP contribution in [0.15, 0.2) is 18.2 Å². The summed E-state index contributed by atoms with van der Waals surface area (Å²) in [7, 11) is 0. The Morgan fingerprint density at radius 3 is 2.60 bits per heavy atom. The van der Waals surface area contributed by atoms with Crippen LogP contribution in [-0.2, 0) is 11.0 Å². The van der Waals surface area contributed by atoms with Crippen molar-refractivity contribution in [2.45, 2.75) is 25.1 Å². The first-order valence-electron chi connectivity index (χ1n) is 8.16. The van der Waals surface area contributed by atoms with E-state index < -0.39 is 23.3 Å². The molecule has 0 radical (unpaired) electrons. The molecule has 1 amide bonds. The minimum atomic E-state index is -4.59. The van der Waals surface area contributed by atoms with Gasteiger partial charge in [0, 0.05) is 36.8 Å². The zero-order valence-electron chi connectivity index (χ0n) is 13.6. The Morgan fingerprint density at radius 1 is 1.24 bits per heavy atom. The second-order valence-corrected chi connectivity index (χ2v) is 7.35. The molecule has 0 N–H and O–H groups in total. The van der Waals surface area contributed by atoms with Crippen LogP contribution < -0.4 is 4.90 Å². The number of hydrogen-bond donors (Lipinski definition) is 0. The predicted molar refractivity (Wildman–Crippen MR) is 90.4 cm³/mol. The van der Waals surface area contributed by atoms with Crippen LogP contribution >= 0.6 is 11.8 Å². The average Bonchev–Trinajstić information content (AvgIpc) is 3.10. The van der Waals surface area contributed by atoms with Crippen molar-refractivity contribution in [1.29, 1.82) is 5.26 Å². The molecule has 3 rings (SSSR count). The van der Waals surface area contributed by atoms with Gasteiger partial charge in [0.25, 0.3) is 0 Å². The topological polar surface area (TPSA) is 47.3 Å². The lowest BCUT2D eigenvalue weighted by Gasteiger charge is -2.33. The van der Waals surface area contributed by atoms with Gasteiger partial charge in [-0.3, -0.25) is 4.79 Å². The molecule has 1 atom stereocenters. The normalized spacial score (nSPS) is 21.3. The second kappa shape index (κ2) is 7.16. The molecule has 0 aromatic heterocycles. The third kappa shape index (κ3) is 3.71. The molecule has 1 aromatic rings. The number of halogens is 3. The summed E-state index contributed by atoms with van der Waals surface area (Å²) >= 11 is 1.80. The third-order valence-electron chi connectivity index (χ3n) is 4.62. The van der Waals surface area contributed by atoms with Crippen molar-refractivity contribution in [3.8, 4) is 6.07 Å². The van der Waals surface area contributed by atoms with E-state index in [1.165, 1.54) is 12.1 Å². The molecule has 2 saturated heterocycles. The van der Waals surface area contributed by atoms with Gasteiger partial charge in [0.05, 0.1) is 17.2 Å². The largest absolute Gasteiger partial charge is 0.417 e. The lowest BCUT2D eigenvalue weighted by Crippen LogP contribution is -2.48. The van der Waals surface area contributed by atoms with Crippen LogP contribution in [0.2, 0.25) is 0 Å². The number of benzene rings is 1. The quantitative estimate of drug-likeness (QED) is 0.804. The van der Waals surface area contributed by atoms with Crippen molar-refractivity contribution < 1.29 is 18.0 Å². The Bertz CT molecular complexity index is 695. The van der Waals surface area contributed by atoms with E-state index >= 15 is 0 Å². The van der Waals surface area contributed by atoms with E-state index in [1.54, 1.807) is 22.7 Å². The van der Waals surface area contributed by atoms with Crippen LogP contribution in [-0.4, -0.2) is 48.0 Å². The first-order chi connectivity index (χ1) is 11.9. The van der Waals surface area contributed by atoms with Crippen LogP contribution in [0.25, 0.3) is 0 Å². The maximum absolute atomic E-state index is 13.2. The summed E-state index contributed by atoms with van der Waals surface area (Å²) in [5, 5.41) is 8.92. The number of hydrogen-bond acceptors (Lipinski definition) is 4. The molecule has 4 nitrogen and oxygen atoms in total. The Labute approximate surface area is 148 Å². The first-order valence-corrected chi connectivity index (χ1v) is 9.32. The number of amides is 1. The fourth-order valence-electron chi connectivity index (χ4n) is 3.37. The number of anilines is 1. The summed E-state index contributed by atoms with van der Waals surface area (Å²) in [5.41, 5.74) is -0.986. The van der Waals surface area contributed by atoms with Gasteiger partial charge in [-0.2, -0.15) is 30.2 Å². The monoisotopic (exact) mass is 369 g/mol. The Balaban J connectivity index is 1.87. The van der Waals surface area contributed by atoms with E-state index in [2.05, 4.69) is 0 Å². The number of nitrogens with zero attached hydrogens (tertiary/aromatic N) is 3. The molecule has 8 heteroatoms. The number of rotatable bonds is 2.